The van der Waals surface area contributed by atoms with Crippen molar-refractivity contribution < 1.29 is 4.79 Å². The third-order valence-electron chi connectivity index (χ3n) is 3.16. The topological polar surface area (TPSA) is 41.1 Å². The van der Waals surface area contributed by atoms with Gasteiger partial charge in [0, 0.05) is 19.0 Å². The van der Waals surface area contributed by atoms with Crippen molar-refractivity contribution in [3.05, 3.63) is 0 Å². The smallest absolute Gasteiger partial charge is 0.220 e. The van der Waals surface area contributed by atoms with E-state index in [0.717, 1.165) is 25.4 Å². The van der Waals surface area contributed by atoms with Gasteiger partial charge in [0.1, 0.15) is 0 Å². The van der Waals surface area contributed by atoms with Gasteiger partial charge in [-0.2, -0.15) is 0 Å². The van der Waals surface area contributed by atoms with Crippen molar-refractivity contribution in [3.8, 4) is 0 Å². The summed E-state index contributed by atoms with van der Waals surface area (Å²) in [6.45, 7) is 5.88. The molecule has 1 fully saturated rings. The predicted octanol–water partition coefficient (Wildman–Crippen LogP) is 1.68. The molecule has 1 atom stereocenters. The zero-order valence-corrected chi connectivity index (χ0v) is 10.0. The van der Waals surface area contributed by atoms with Crippen LogP contribution in [0.5, 0.6) is 0 Å². The molecule has 0 aliphatic heterocycles. The van der Waals surface area contributed by atoms with Crippen LogP contribution in [0.2, 0.25) is 0 Å². The van der Waals surface area contributed by atoms with Crippen LogP contribution < -0.4 is 10.6 Å². The lowest BCUT2D eigenvalue weighted by Crippen LogP contribution is -2.38. The fourth-order valence-corrected chi connectivity index (χ4v) is 1.89. The van der Waals surface area contributed by atoms with Crippen LogP contribution in [0.4, 0.5) is 0 Å². The van der Waals surface area contributed by atoms with Crippen LogP contribution in [-0.2, 0) is 4.79 Å². The molecule has 1 amide bonds. The van der Waals surface area contributed by atoms with Gasteiger partial charge in [-0.25, -0.2) is 0 Å². The molecule has 1 aliphatic rings. The van der Waals surface area contributed by atoms with E-state index >= 15 is 0 Å². The second-order valence-electron chi connectivity index (χ2n) is 4.60. The highest BCUT2D eigenvalue weighted by atomic mass is 16.1. The fourth-order valence-electron chi connectivity index (χ4n) is 1.89. The predicted molar refractivity (Wildman–Crippen MR) is 62.7 cm³/mol. The highest BCUT2D eigenvalue weighted by molar-refractivity contribution is 5.75. The Morgan fingerprint density at radius 1 is 1.47 bits per heavy atom. The van der Waals surface area contributed by atoms with Crippen molar-refractivity contribution in [2.24, 2.45) is 5.92 Å². The molecule has 1 saturated carbocycles. The summed E-state index contributed by atoms with van der Waals surface area (Å²) in [5.41, 5.74) is 0. The summed E-state index contributed by atoms with van der Waals surface area (Å²) in [6, 6.07) is 0.377. The molecule has 15 heavy (non-hydrogen) atoms. The number of carbonyl (C=O) groups excluding carboxylic acids is 1. The number of nitrogens with one attached hydrogen (secondary N) is 2. The molecule has 0 aromatic rings. The Morgan fingerprint density at radius 3 is 2.73 bits per heavy atom. The quantitative estimate of drug-likeness (QED) is 0.674. The van der Waals surface area contributed by atoms with Gasteiger partial charge in [-0.15, -0.1) is 0 Å². The third kappa shape index (κ3) is 5.17. The Bertz CT molecular complexity index is 190. The first-order valence-corrected chi connectivity index (χ1v) is 6.22. The van der Waals surface area contributed by atoms with Crippen molar-refractivity contribution in [1.82, 2.24) is 10.6 Å². The second kappa shape index (κ2) is 6.83. The van der Waals surface area contributed by atoms with Crippen LogP contribution in [-0.4, -0.2) is 25.0 Å². The van der Waals surface area contributed by atoms with Gasteiger partial charge >= 0.3 is 0 Å². The molecule has 0 spiro atoms. The first-order chi connectivity index (χ1) is 7.22. The summed E-state index contributed by atoms with van der Waals surface area (Å²) in [5.74, 6) is 1.05. The van der Waals surface area contributed by atoms with Gasteiger partial charge in [0.25, 0.3) is 0 Å². The highest BCUT2D eigenvalue weighted by Gasteiger charge is 2.18. The van der Waals surface area contributed by atoms with Crippen LogP contribution >= 0.6 is 0 Å². The van der Waals surface area contributed by atoms with E-state index < -0.39 is 0 Å². The molecule has 88 valence electrons. The van der Waals surface area contributed by atoms with E-state index in [9.17, 15) is 4.79 Å². The summed E-state index contributed by atoms with van der Waals surface area (Å²) < 4.78 is 0. The van der Waals surface area contributed by atoms with Crippen molar-refractivity contribution in [3.63, 3.8) is 0 Å². The van der Waals surface area contributed by atoms with E-state index in [4.69, 9.17) is 0 Å². The average Bonchev–Trinajstić information content (AvgIpc) is 2.13. The Kier molecular flexibility index (Phi) is 5.69. The van der Waals surface area contributed by atoms with E-state index in [1.807, 2.05) is 0 Å². The largest absolute Gasteiger partial charge is 0.355 e. The second-order valence-corrected chi connectivity index (χ2v) is 4.60. The summed E-state index contributed by atoms with van der Waals surface area (Å²) >= 11 is 0. The van der Waals surface area contributed by atoms with Crippen LogP contribution in [0.3, 0.4) is 0 Å². The molecule has 0 aromatic carbocycles. The van der Waals surface area contributed by atoms with Crippen LogP contribution in [0.15, 0.2) is 0 Å². The molecule has 0 aromatic heterocycles. The minimum atomic E-state index is 0.214. The average molecular weight is 212 g/mol. The SMILES string of the molecule is CCN[C@H](C)CNC(=O)CCC1CCC1. The Hall–Kier alpha value is -0.570. The molecule has 0 heterocycles. The van der Waals surface area contributed by atoms with E-state index in [0.29, 0.717) is 12.5 Å². The van der Waals surface area contributed by atoms with Gasteiger partial charge < -0.3 is 10.6 Å². The van der Waals surface area contributed by atoms with E-state index in [1.54, 1.807) is 0 Å². The standard InChI is InChI=1S/C12H24N2O/c1-3-13-10(2)9-14-12(15)8-7-11-5-4-6-11/h10-11,13H,3-9H2,1-2H3,(H,14,15)/t10-/m1/s1. The summed E-state index contributed by atoms with van der Waals surface area (Å²) in [7, 11) is 0. The molecular weight excluding hydrogens is 188 g/mol. The van der Waals surface area contributed by atoms with Crippen molar-refractivity contribution in [2.75, 3.05) is 13.1 Å². The van der Waals surface area contributed by atoms with E-state index in [2.05, 4.69) is 24.5 Å². The lowest BCUT2D eigenvalue weighted by atomic mass is 9.82. The van der Waals surface area contributed by atoms with Crippen molar-refractivity contribution in [1.29, 1.82) is 0 Å². The normalized spacial score (nSPS) is 18.3. The maximum Gasteiger partial charge on any atom is 0.220 e. The molecule has 0 saturated heterocycles. The molecule has 1 aliphatic carbocycles. The third-order valence-corrected chi connectivity index (χ3v) is 3.16. The molecular formula is C12H24N2O. The minimum Gasteiger partial charge on any atom is -0.355 e. The molecule has 1 rings (SSSR count). The summed E-state index contributed by atoms with van der Waals surface area (Å²) in [5, 5.41) is 6.24. The van der Waals surface area contributed by atoms with Crippen LogP contribution in [0.25, 0.3) is 0 Å². The van der Waals surface area contributed by atoms with Gasteiger partial charge in [-0.3, -0.25) is 4.79 Å². The van der Waals surface area contributed by atoms with Gasteiger partial charge in [-0.1, -0.05) is 26.2 Å². The number of carbonyl (C=O) groups is 1. The monoisotopic (exact) mass is 212 g/mol. The lowest BCUT2D eigenvalue weighted by molar-refractivity contribution is -0.121. The Balaban J connectivity index is 1.97. The maximum absolute atomic E-state index is 11.5. The number of hydrogen-bond acceptors (Lipinski definition) is 2. The number of hydrogen-bond donors (Lipinski definition) is 2. The van der Waals surface area contributed by atoms with Crippen molar-refractivity contribution in [2.45, 2.75) is 52.0 Å². The molecule has 3 nitrogen and oxygen atoms in total. The van der Waals surface area contributed by atoms with Gasteiger partial charge in [0.05, 0.1) is 0 Å². The van der Waals surface area contributed by atoms with E-state index in [1.165, 1.54) is 19.3 Å². The zero-order valence-electron chi connectivity index (χ0n) is 10.0. The molecule has 2 N–H and O–H groups in total. The Labute approximate surface area is 93.0 Å². The molecule has 3 heteroatoms. The van der Waals surface area contributed by atoms with E-state index in [-0.39, 0.29) is 5.91 Å². The number of amides is 1. The maximum atomic E-state index is 11.5. The fraction of sp³-hybridized carbons (Fsp3) is 0.917. The number of likely N-dealkylation sites (N-methyl/N-ethyl adjacent to an activating group) is 1. The van der Waals surface area contributed by atoms with Crippen LogP contribution in [0, 0.1) is 5.92 Å². The molecule has 0 radical (unpaired) electrons. The van der Waals surface area contributed by atoms with Gasteiger partial charge in [0.2, 0.25) is 5.91 Å². The highest BCUT2D eigenvalue weighted by Crippen LogP contribution is 2.30. The first kappa shape index (κ1) is 12.5. The first-order valence-electron chi connectivity index (χ1n) is 6.22. The molecule has 0 bridgehead atoms. The van der Waals surface area contributed by atoms with Gasteiger partial charge in [0.15, 0.2) is 0 Å². The summed E-state index contributed by atoms with van der Waals surface area (Å²) in [4.78, 5) is 11.5. The minimum absolute atomic E-state index is 0.214. The van der Waals surface area contributed by atoms with Crippen LogP contribution in [0.1, 0.15) is 46.0 Å². The van der Waals surface area contributed by atoms with Gasteiger partial charge in [-0.05, 0) is 25.8 Å². The summed E-state index contributed by atoms with van der Waals surface area (Å²) in [6.07, 6.45) is 5.83. The van der Waals surface area contributed by atoms with Crippen molar-refractivity contribution >= 4 is 5.91 Å². The number of rotatable bonds is 7. The Morgan fingerprint density at radius 2 is 2.20 bits per heavy atom. The molecule has 0 unspecified atom stereocenters. The zero-order chi connectivity index (χ0) is 11.1. The lowest BCUT2D eigenvalue weighted by Gasteiger charge is -2.24.